The number of ether oxygens (including phenoxy) is 1. The van der Waals surface area contributed by atoms with E-state index in [0.29, 0.717) is 38.6 Å². The molecule has 2 heterocycles. The SMILES string of the molecule is COC[C@@H](CC(=O)CC1(CC(=O)c2cc(-c3ccc(F)cc3F)on2)CN(C2CCCCC2)C1)c1ccccc1. The summed E-state index contributed by atoms with van der Waals surface area (Å²) < 4.78 is 38.3. The first-order chi connectivity index (χ1) is 19.4. The summed E-state index contributed by atoms with van der Waals surface area (Å²) in [5, 5.41) is 3.90. The number of halogens is 2. The average Bonchev–Trinajstić information content (AvgIpc) is 3.42. The largest absolute Gasteiger partial charge is 0.384 e. The van der Waals surface area contributed by atoms with Crippen molar-refractivity contribution in [3.8, 4) is 11.3 Å². The molecule has 0 spiro atoms. The second-order valence-electron chi connectivity index (χ2n) is 11.5. The smallest absolute Gasteiger partial charge is 0.185 e. The van der Waals surface area contributed by atoms with Gasteiger partial charge >= 0.3 is 0 Å². The first-order valence-corrected chi connectivity index (χ1v) is 14.1. The van der Waals surface area contributed by atoms with Gasteiger partial charge in [-0.05, 0) is 30.5 Å². The van der Waals surface area contributed by atoms with Crippen LogP contribution in [0, 0.1) is 17.0 Å². The molecular formula is C32H36F2N2O4. The molecule has 0 amide bonds. The van der Waals surface area contributed by atoms with E-state index in [2.05, 4.69) is 10.1 Å². The van der Waals surface area contributed by atoms with Gasteiger partial charge in [-0.2, -0.15) is 0 Å². The fourth-order valence-electron chi connectivity index (χ4n) is 6.42. The lowest BCUT2D eigenvalue weighted by Gasteiger charge is -2.54. The second-order valence-corrected chi connectivity index (χ2v) is 11.5. The van der Waals surface area contributed by atoms with Crippen molar-refractivity contribution in [2.24, 2.45) is 5.41 Å². The van der Waals surface area contributed by atoms with Crippen LogP contribution in [0.2, 0.25) is 0 Å². The Balaban J connectivity index is 1.30. The van der Waals surface area contributed by atoms with Crippen LogP contribution in [-0.2, 0) is 9.53 Å². The van der Waals surface area contributed by atoms with E-state index >= 15 is 0 Å². The van der Waals surface area contributed by atoms with E-state index < -0.39 is 17.0 Å². The maximum Gasteiger partial charge on any atom is 0.185 e. The van der Waals surface area contributed by atoms with E-state index in [-0.39, 0.29) is 40.9 Å². The predicted molar refractivity (Wildman–Crippen MR) is 147 cm³/mol. The number of hydrogen-bond donors (Lipinski definition) is 0. The van der Waals surface area contributed by atoms with Crippen LogP contribution in [-0.4, -0.2) is 54.5 Å². The molecule has 1 atom stereocenters. The molecule has 1 aliphatic heterocycles. The van der Waals surface area contributed by atoms with Gasteiger partial charge in [-0.15, -0.1) is 0 Å². The molecule has 1 saturated heterocycles. The van der Waals surface area contributed by atoms with E-state index in [1.165, 1.54) is 31.4 Å². The number of benzene rings is 2. The van der Waals surface area contributed by atoms with Gasteiger partial charge in [0, 0.05) is 69.0 Å². The minimum atomic E-state index is -0.789. The third kappa shape index (κ3) is 6.56. The number of hydrogen-bond acceptors (Lipinski definition) is 6. The molecule has 2 aliphatic rings. The number of aromatic nitrogens is 1. The van der Waals surface area contributed by atoms with Crippen molar-refractivity contribution in [3.63, 3.8) is 0 Å². The Kier molecular flexibility index (Phi) is 8.86. The van der Waals surface area contributed by atoms with E-state index in [1.54, 1.807) is 7.11 Å². The van der Waals surface area contributed by atoms with Crippen LogP contribution >= 0.6 is 0 Å². The number of methoxy groups -OCH3 is 1. The zero-order chi connectivity index (χ0) is 28.1. The molecular weight excluding hydrogens is 514 g/mol. The van der Waals surface area contributed by atoms with Crippen LogP contribution in [0.15, 0.2) is 59.1 Å². The first kappa shape index (κ1) is 28.3. The molecule has 2 aromatic carbocycles. The summed E-state index contributed by atoms with van der Waals surface area (Å²) in [6.45, 7) is 1.82. The molecule has 6 nitrogen and oxygen atoms in total. The molecule has 1 saturated carbocycles. The van der Waals surface area contributed by atoms with Gasteiger partial charge in [-0.25, -0.2) is 8.78 Å². The van der Waals surface area contributed by atoms with Crippen LogP contribution in [0.4, 0.5) is 8.78 Å². The highest BCUT2D eigenvalue weighted by Gasteiger charge is 2.48. The number of rotatable bonds is 12. The average molecular weight is 551 g/mol. The standard InChI is InChI=1S/C32H36F2N2O4/c1-39-19-23(22-8-4-2-5-9-22)14-26(37)17-32(20-36(21-32)25-10-6-3-7-11-25)18-30(38)29-16-31(40-35-29)27-13-12-24(33)15-28(27)34/h2,4-5,8-9,12-13,15-16,23,25H,3,6-7,10-11,14,17-21H2,1H3/t23-/m1/s1. The summed E-state index contributed by atoms with van der Waals surface area (Å²) in [5.41, 5.74) is 0.696. The Morgan fingerprint density at radius 1 is 1.05 bits per heavy atom. The van der Waals surface area contributed by atoms with Crippen molar-refractivity contribution in [2.45, 2.75) is 63.3 Å². The maximum atomic E-state index is 14.3. The number of carbonyl (C=O) groups is 2. The monoisotopic (exact) mass is 550 g/mol. The van der Waals surface area contributed by atoms with Crippen molar-refractivity contribution in [3.05, 3.63) is 77.5 Å². The minimum Gasteiger partial charge on any atom is -0.384 e. The summed E-state index contributed by atoms with van der Waals surface area (Å²) in [4.78, 5) is 29.3. The number of ketones is 2. The molecule has 0 unspecified atom stereocenters. The lowest BCUT2D eigenvalue weighted by atomic mass is 9.69. The normalized spacial score (nSPS) is 18.3. The topological polar surface area (TPSA) is 72.6 Å². The third-order valence-corrected chi connectivity index (χ3v) is 8.38. The quantitative estimate of drug-likeness (QED) is 0.237. The summed E-state index contributed by atoms with van der Waals surface area (Å²) >= 11 is 0. The Morgan fingerprint density at radius 3 is 2.50 bits per heavy atom. The molecule has 1 aromatic heterocycles. The molecule has 8 heteroatoms. The van der Waals surface area contributed by atoms with Crippen LogP contribution in [0.3, 0.4) is 0 Å². The maximum absolute atomic E-state index is 14.3. The van der Waals surface area contributed by atoms with Crippen molar-refractivity contribution in [1.82, 2.24) is 10.1 Å². The highest BCUT2D eigenvalue weighted by molar-refractivity contribution is 5.96. The molecule has 0 bridgehead atoms. The number of nitrogens with zero attached hydrogens (tertiary/aromatic N) is 2. The van der Waals surface area contributed by atoms with Crippen molar-refractivity contribution in [2.75, 3.05) is 26.8 Å². The molecule has 0 N–H and O–H groups in total. The number of Topliss-reactive ketones (excluding diaryl/α,β-unsaturated/α-hetero) is 2. The second kappa shape index (κ2) is 12.5. The predicted octanol–water partition coefficient (Wildman–Crippen LogP) is 6.61. The van der Waals surface area contributed by atoms with Gasteiger partial charge in [0.15, 0.2) is 11.5 Å². The zero-order valence-electron chi connectivity index (χ0n) is 22.9. The fourth-order valence-corrected chi connectivity index (χ4v) is 6.42. The summed E-state index contributed by atoms with van der Waals surface area (Å²) in [5.74, 6) is -1.61. The van der Waals surface area contributed by atoms with E-state index in [0.717, 1.165) is 30.5 Å². The highest BCUT2D eigenvalue weighted by atomic mass is 19.1. The Labute approximate surface area is 233 Å². The van der Waals surface area contributed by atoms with Gasteiger partial charge in [-0.3, -0.25) is 14.5 Å². The Bertz CT molecular complexity index is 1310. The lowest BCUT2D eigenvalue weighted by Crippen LogP contribution is -2.61. The van der Waals surface area contributed by atoms with Crippen LogP contribution < -0.4 is 0 Å². The molecule has 212 valence electrons. The van der Waals surface area contributed by atoms with Gasteiger partial charge in [0.1, 0.15) is 23.1 Å². The van der Waals surface area contributed by atoms with Gasteiger partial charge in [0.05, 0.1) is 12.2 Å². The highest BCUT2D eigenvalue weighted by Crippen LogP contribution is 2.43. The fraction of sp³-hybridized carbons (Fsp3) is 0.469. The molecule has 0 radical (unpaired) electrons. The minimum absolute atomic E-state index is 0.0371. The first-order valence-electron chi connectivity index (χ1n) is 14.1. The zero-order valence-corrected chi connectivity index (χ0v) is 22.9. The summed E-state index contributed by atoms with van der Waals surface area (Å²) in [6, 6.07) is 14.9. The summed E-state index contributed by atoms with van der Waals surface area (Å²) in [6.07, 6.45) is 6.78. The van der Waals surface area contributed by atoms with E-state index in [9.17, 15) is 18.4 Å². The van der Waals surface area contributed by atoms with E-state index in [1.807, 2.05) is 30.3 Å². The van der Waals surface area contributed by atoms with Crippen molar-refractivity contribution in [1.29, 1.82) is 0 Å². The van der Waals surface area contributed by atoms with Gasteiger partial charge in [0.2, 0.25) is 0 Å². The molecule has 40 heavy (non-hydrogen) atoms. The van der Waals surface area contributed by atoms with Gasteiger partial charge in [0.25, 0.3) is 0 Å². The van der Waals surface area contributed by atoms with Crippen molar-refractivity contribution < 1.29 is 27.6 Å². The Morgan fingerprint density at radius 2 is 1.80 bits per heavy atom. The van der Waals surface area contributed by atoms with Crippen LogP contribution in [0.5, 0.6) is 0 Å². The lowest BCUT2D eigenvalue weighted by molar-refractivity contribution is -0.127. The summed E-state index contributed by atoms with van der Waals surface area (Å²) in [7, 11) is 1.64. The third-order valence-electron chi connectivity index (χ3n) is 8.38. The van der Waals surface area contributed by atoms with Crippen molar-refractivity contribution >= 4 is 11.6 Å². The van der Waals surface area contributed by atoms with Crippen LogP contribution in [0.25, 0.3) is 11.3 Å². The van der Waals surface area contributed by atoms with E-state index in [4.69, 9.17) is 9.26 Å². The van der Waals surface area contributed by atoms with Gasteiger partial charge < -0.3 is 9.26 Å². The van der Waals surface area contributed by atoms with Gasteiger partial charge in [-0.1, -0.05) is 54.8 Å². The number of carbonyl (C=O) groups excluding carboxylic acids is 2. The molecule has 3 aromatic rings. The molecule has 1 aliphatic carbocycles. The Hall–Kier alpha value is -3.23. The number of likely N-dealkylation sites (tertiary alicyclic amines) is 1. The molecule has 5 rings (SSSR count). The molecule has 2 fully saturated rings. The van der Waals surface area contributed by atoms with Crippen LogP contribution in [0.1, 0.15) is 73.3 Å².